The summed E-state index contributed by atoms with van der Waals surface area (Å²) in [7, 11) is 0. The minimum absolute atomic E-state index is 0.881. The van der Waals surface area contributed by atoms with Crippen LogP contribution in [0.5, 0.6) is 0 Å². The van der Waals surface area contributed by atoms with E-state index in [1.165, 1.54) is 19.3 Å². The third-order valence-corrected chi connectivity index (χ3v) is 1.79. The van der Waals surface area contributed by atoms with Crippen LogP contribution in [0, 0.1) is 0 Å². The third-order valence-electron chi connectivity index (χ3n) is 1.79. The molecule has 0 spiro atoms. The molecule has 70 valence electrons. The molecule has 0 atom stereocenters. The maximum Gasteiger partial charge on any atom is 0.206 e. The fourth-order valence-corrected chi connectivity index (χ4v) is 1.09. The lowest BCUT2D eigenvalue weighted by Gasteiger charge is -2.07. The van der Waals surface area contributed by atoms with E-state index >= 15 is 0 Å². The number of guanidine groups is 1. The van der Waals surface area contributed by atoms with Crippen LogP contribution in [-0.2, 0) is 0 Å². The van der Waals surface area contributed by atoms with Crippen molar-refractivity contribution >= 4 is 5.96 Å². The molecular formula is C8H18N4. The topological polar surface area (TPSA) is 48.5 Å². The highest BCUT2D eigenvalue weighted by atomic mass is 15.4. The Kier molecular flexibility index (Phi) is 4.52. The van der Waals surface area contributed by atoms with Gasteiger partial charge in [-0.2, -0.15) is 0 Å². The Morgan fingerprint density at radius 3 is 3.08 bits per heavy atom. The van der Waals surface area contributed by atoms with E-state index in [1.807, 2.05) is 0 Å². The fourth-order valence-electron chi connectivity index (χ4n) is 1.09. The van der Waals surface area contributed by atoms with Crippen molar-refractivity contribution < 1.29 is 0 Å². The number of aliphatic imine (C=N–C) groups is 1. The molecule has 3 N–H and O–H groups in total. The zero-order chi connectivity index (χ0) is 8.65. The van der Waals surface area contributed by atoms with Crippen LogP contribution in [0.3, 0.4) is 0 Å². The summed E-state index contributed by atoms with van der Waals surface area (Å²) >= 11 is 0. The van der Waals surface area contributed by atoms with Crippen molar-refractivity contribution in [1.29, 1.82) is 0 Å². The van der Waals surface area contributed by atoms with E-state index < -0.39 is 0 Å². The summed E-state index contributed by atoms with van der Waals surface area (Å²) in [5, 5.41) is 3.12. The predicted octanol–water partition coefficient (Wildman–Crippen LogP) is 0.230. The number of unbranched alkanes of at least 4 members (excludes halogenated alkanes) is 2. The van der Waals surface area contributed by atoms with Gasteiger partial charge < -0.3 is 5.32 Å². The summed E-state index contributed by atoms with van der Waals surface area (Å²) in [5.41, 5.74) is 6.15. The van der Waals surface area contributed by atoms with Gasteiger partial charge in [0.05, 0.1) is 6.54 Å². The molecular weight excluding hydrogens is 152 g/mol. The van der Waals surface area contributed by atoms with Crippen LogP contribution in [0.2, 0.25) is 0 Å². The summed E-state index contributed by atoms with van der Waals surface area (Å²) in [6, 6.07) is 0. The molecule has 1 aliphatic rings. The molecule has 0 aromatic carbocycles. The summed E-state index contributed by atoms with van der Waals surface area (Å²) in [6.45, 7) is 5.06. The van der Waals surface area contributed by atoms with Gasteiger partial charge in [0, 0.05) is 13.1 Å². The van der Waals surface area contributed by atoms with Crippen LogP contribution in [0.4, 0.5) is 0 Å². The van der Waals surface area contributed by atoms with Crippen molar-refractivity contribution in [2.24, 2.45) is 4.99 Å². The largest absolute Gasteiger partial charge is 0.353 e. The lowest BCUT2D eigenvalue weighted by molar-refractivity contribution is 0.588. The van der Waals surface area contributed by atoms with Crippen LogP contribution in [0.1, 0.15) is 26.2 Å². The van der Waals surface area contributed by atoms with Crippen molar-refractivity contribution in [3.63, 3.8) is 0 Å². The summed E-state index contributed by atoms with van der Waals surface area (Å²) < 4.78 is 0. The van der Waals surface area contributed by atoms with Gasteiger partial charge in [-0.05, 0) is 6.42 Å². The SMILES string of the molecule is CCCCCNNC1=NCCN1. The van der Waals surface area contributed by atoms with Crippen LogP contribution in [-0.4, -0.2) is 25.6 Å². The number of rotatable bonds is 5. The first-order chi connectivity index (χ1) is 5.93. The van der Waals surface area contributed by atoms with Gasteiger partial charge in [0.2, 0.25) is 5.96 Å². The second-order valence-corrected chi connectivity index (χ2v) is 2.92. The maximum absolute atomic E-state index is 4.19. The minimum Gasteiger partial charge on any atom is -0.353 e. The smallest absolute Gasteiger partial charge is 0.206 e. The second kappa shape index (κ2) is 5.83. The molecule has 0 saturated heterocycles. The van der Waals surface area contributed by atoms with Crippen LogP contribution in [0.25, 0.3) is 0 Å². The average Bonchev–Trinajstić information content (AvgIpc) is 2.57. The molecule has 4 nitrogen and oxygen atoms in total. The van der Waals surface area contributed by atoms with E-state index in [4.69, 9.17) is 0 Å². The predicted molar refractivity (Wildman–Crippen MR) is 51.0 cm³/mol. The number of hydrogen-bond donors (Lipinski definition) is 3. The monoisotopic (exact) mass is 170 g/mol. The van der Waals surface area contributed by atoms with Crippen molar-refractivity contribution in [2.45, 2.75) is 26.2 Å². The number of hydrogen-bond acceptors (Lipinski definition) is 4. The molecule has 0 radical (unpaired) electrons. The van der Waals surface area contributed by atoms with Gasteiger partial charge in [-0.25, -0.2) is 5.43 Å². The maximum atomic E-state index is 4.19. The molecule has 0 unspecified atom stereocenters. The minimum atomic E-state index is 0.881. The lowest BCUT2D eigenvalue weighted by atomic mass is 10.2. The second-order valence-electron chi connectivity index (χ2n) is 2.92. The number of nitrogens with one attached hydrogen (secondary N) is 3. The van der Waals surface area contributed by atoms with Gasteiger partial charge in [0.25, 0.3) is 0 Å². The fraction of sp³-hybridized carbons (Fsp3) is 0.875. The quantitative estimate of drug-likeness (QED) is 0.409. The molecule has 0 aromatic rings. The molecule has 1 heterocycles. The first-order valence-electron chi connectivity index (χ1n) is 4.70. The standard InChI is InChI=1S/C8H18N4/c1-2-3-4-5-11-12-8-9-6-7-10-8/h11H,2-7H2,1H3,(H2,9,10,12). The van der Waals surface area contributed by atoms with Crippen molar-refractivity contribution in [3.8, 4) is 0 Å². The Morgan fingerprint density at radius 1 is 1.50 bits per heavy atom. The van der Waals surface area contributed by atoms with Crippen molar-refractivity contribution in [1.82, 2.24) is 16.2 Å². The Hall–Kier alpha value is -0.770. The van der Waals surface area contributed by atoms with Gasteiger partial charge in [0.15, 0.2) is 0 Å². The van der Waals surface area contributed by atoms with Crippen LogP contribution in [0.15, 0.2) is 4.99 Å². The van der Waals surface area contributed by atoms with Crippen molar-refractivity contribution in [2.75, 3.05) is 19.6 Å². The zero-order valence-electron chi connectivity index (χ0n) is 7.69. The Bertz CT molecular complexity index is 144. The molecule has 0 bridgehead atoms. The lowest BCUT2D eigenvalue weighted by Crippen LogP contribution is -2.43. The van der Waals surface area contributed by atoms with Gasteiger partial charge >= 0.3 is 0 Å². The van der Waals surface area contributed by atoms with E-state index in [1.54, 1.807) is 0 Å². The third kappa shape index (κ3) is 3.57. The molecule has 4 heteroatoms. The number of nitrogens with zero attached hydrogens (tertiary/aromatic N) is 1. The van der Waals surface area contributed by atoms with Crippen LogP contribution >= 0.6 is 0 Å². The van der Waals surface area contributed by atoms with Gasteiger partial charge in [-0.3, -0.25) is 10.4 Å². The zero-order valence-corrected chi connectivity index (χ0v) is 7.69. The van der Waals surface area contributed by atoms with E-state index in [2.05, 4.69) is 28.1 Å². The van der Waals surface area contributed by atoms with Gasteiger partial charge in [-0.1, -0.05) is 19.8 Å². The first kappa shape index (κ1) is 9.32. The summed E-state index contributed by atoms with van der Waals surface area (Å²) in [6.07, 6.45) is 3.77. The highest BCUT2D eigenvalue weighted by Gasteiger charge is 2.01. The van der Waals surface area contributed by atoms with E-state index in [0.29, 0.717) is 0 Å². The molecule has 1 aliphatic heterocycles. The van der Waals surface area contributed by atoms with Gasteiger partial charge in [0.1, 0.15) is 0 Å². The number of hydrazine groups is 1. The molecule has 1 rings (SSSR count). The first-order valence-corrected chi connectivity index (χ1v) is 4.70. The Morgan fingerprint density at radius 2 is 2.42 bits per heavy atom. The Labute approximate surface area is 73.8 Å². The van der Waals surface area contributed by atoms with Crippen molar-refractivity contribution in [3.05, 3.63) is 0 Å². The average molecular weight is 170 g/mol. The molecule has 12 heavy (non-hydrogen) atoms. The van der Waals surface area contributed by atoms with Crippen LogP contribution < -0.4 is 16.2 Å². The highest BCUT2D eigenvalue weighted by Crippen LogP contribution is 1.90. The molecule has 0 aliphatic carbocycles. The van der Waals surface area contributed by atoms with Gasteiger partial charge in [-0.15, -0.1) is 0 Å². The van der Waals surface area contributed by atoms with E-state index in [-0.39, 0.29) is 0 Å². The summed E-state index contributed by atoms with van der Waals surface area (Å²) in [5.74, 6) is 0.881. The van der Waals surface area contributed by atoms with E-state index in [0.717, 1.165) is 25.6 Å². The normalized spacial score (nSPS) is 15.6. The summed E-state index contributed by atoms with van der Waals surface area (Å²) in [4.78, 5) is 4.19. The molecule has 0 fully saturated rings. The molecule has 0 saturated carbocycles. The highest BCUT2D eigenvalue weighted by molar-refractivity contribution is 5.80. The molecule has 0 aromatic heterocycles. The van der Waals surface area contributed by atoms with E-state index in [9.17, 15) is 0 Å². The molecule has 0 amide bonds. The Balaban J connectivity index is 1.88.